The van der Waals surface area contributed by atoms with Gasteiger partial charge in [-0.15, -0.1) is 0 Å². The molecule has 2 aliphatic carbocycles. The van der Waals surface area contributed by atoms with Gasteiger partial charge in [-0.3, -0.25) is 0 Å². The molecule has 1 unspecified atom stereocenters. The summed E-state index contributed by atoms with van der Waals surface area (Å²) in [6, 6.07) is 0. The first-order valence-electron chi connectivity index (χ1n) is 9.38. The van der Waals surface area contributed by atoms with Crippen molar-refractivity contribution in [1.82, 2.24) is 0 Å². The van der Waals surface area contributed by atoms with Gasteiger partial charge in [-0.05, 0) is 60.2 Å². The monoisotopic (exact) mass is 294 g/mol. The first kappa shape index (κ1) is 17.3. The summed E-state index contributed by atoms with van der Waals surface area (Å²) in [6.45, 7) is 14.5. The lowest BCUT2D eigenvalue weighted by atomic mass is 9.45. The lowest BCUT2D eigenvalue weighted by Crippen LogP contribution is -2.54. The molecule has 0 saturated heterocycles. The van der Waals surface area contributed by atoms with E-state index >= 15 is 0 Å². The number of aliphatic hydroxyl groups excluding tert-OH is 1. The fourth-order valence-corrected chi connectivity index (χ4v) is 6.06. The fourth-order valence-electron chi connectivity index (χ4n) is 6.06. The van der Waals surface area contributed by atoms with Gasteiger partial charge in [0.25, 0.3) is 0 Å². The molecule has 2 fully saturated rings. The van der Waals surface area contributed by atoms with Crippen LogP contribution in [0.4, 0.5) is 0 Å². The second kappa shape index (κ2) is 6.22. The highest BCUT2D eigenvalue weighted by Gasteiger charge is 2.55. The molecule has 0 aliphatic heterocycles. The van der Waals surface area contributed by atoms with Crippen LogP contribution in [-0.4, -0.2) is 11.2 Å². The molecule has 2 rings (SSSR count). The van der Waals surface area contributed by atoms with E-state index < -0.39 is 0 Å². The van der Waals surface area contributed by atoms with Crippen LogP contribution in [0.25, 0.3) is 0 Å². The van der Waals surface area contributed by atoms with Crippen LogP contribution in [0.2, 0.25) is 0 Å². The van der Waals surface area contributed by atoms with E-state index in [1.54, 1.807) is 0 Å². The Morgan fingerprint density at radius 1 is 1.14 bits per heavy atom. The minimum absolute atomic E-state index is 0.0855. The first-order chi connectivity index (χ1) is 9.70. The van der Waals surface area contributed by atoms with Crippen LogP contribution in [0, 0.1) is 34.5 Å². The molecule has 124 valence electrons. The third-order valence-corrected chi connectivity index (χ3v) is 7.29. The number of rotatable bonds is 4. The summed E-state index contributed by atoms with van der Waals surface area (Å²) >= 11 is 0. The third-order valence-electron chi connectivity index (χ3n) is 7.29. The SMILES string of the molecule is CC[C@@H](C)CC[C@H]1[C@@H](C)CC[C@H]2C(C)(C)CC(O)C[C@]12C. The van der Waals surface area contributed by atoms with Gasteiger partial charge < -0.3 is 5.11 Å². The van der Waals surface area contributed by atoms with Gasteiger partial charge in [-0.2, -0.15) is 0 Å². The molecule has 0 radical (unpaired) electrons. The van der Waals surface area contributed by atoms with E-state index in [0.29, 0.717) is 10.8 Å². The van der Waals surface area contributed by atoms with Crippen LogP contribution >= 0.6 is 0 Å². The minimum Gasteiger partial charge on any atom is -0.393 e. The zero-order valence-corrected chi connectivity index (χ0v) is 15.3. The van der Waals surface area contributed by atoms with Crippen molar-refractivity contribution in [1.29, 1.82) is 0 Å². The maximum Gasteiger partial charge on any atom is 0.0550 e. The van der Waals surface area contributed by atoms with E-state index in [1.165, 1.54) is 32.1 Å². The van der Waals surface area contributed by atoms with Crippen molar-refractivity contribution < 1.29 is 5.11 Å². The summed E-state index contributed by atoms with van der Waals surface area (Å²) in [4.78, 5) is 0. The van der Waals surface area contributed by atoms with Gasteiger partial charge in [-0.25, -0.2) is 0 Å². The summed E-state index contributed by atoms with van der Waals surface area (Å²) in [6.07, 6.45) is 8.75. The predicted molar refractivity (Wildman–Crippen MR) is 91.2 cm³/mol. The average molecular weight is 295 g/mol. The minimum atomic E-state index is -0.0855. The Kier molecular flexibility index (Phi) is 5.13. The summed E-state index contributed by atoms with van der Waals surface area (Å²) in [7, 11) is 0. The Morgan fingerprint density at radius 2 is 1.81 bits per heavy atom. The van der Waals surface area contributed by atoms with Gasteiger partial charge in [0.2, 0.25) is 0 Å². The smallest absolute Gasteiger partial charge is 0.0550 e. The molecule has 0 aromatic rings. The van der Waals surface area contributed by atoms with Crippen molar-refractivity contribution in [2.24, 2.45) is 34.5 Å². The van der Waals surface area contributed by atoms with Crippen LogP contribution in [0.1, 0.15) is 86.5 Å². The molecule has 6 atom stereocenters. The van der Waals surface area contributed by atoms with Gasteiger partial charge in [0, 0.05) is 0 Å². The van der Waals surface area contributed by atoms with E-state index in [-0.39, 0.29) is 6.10 Å². The van der Waals surface area contributed by atoms with Crippen molar-refractivity contribution in [3.8, 4) is 0 Å². The molecule has 0 heterocycles. The largest absolute Gasteiger partial charge is 0.393 e. The van der Waals surface area contributed by atoms with Crippen LogP contribution in [0.3, 0.4) is 0 Å². The molecule has 21 heavy (non-hydrogen) atoms. The Hall–Kier alpha value is -0.0400. The third kappa shape index (κ3) is 3.33. The van der Waals surface area contributed by atoms with Crippen molar-refractivity contribution >= 4 is 0 Å². The summed E-state index contributed by atoms with van der Waals surface area (Å²) in [5.74, 6) is 3.28. The highest BCUT2D eigenvalue weighted by Crippen LogP contribution is 2.62. The second-order valence-corrected chi connectivity index (χ2v) is 9.36. The Bertz CT molecular complexity index is 348. The van der Waals surface area contributed by atoms with Crippen molar-refractivity contribution in [3.05, 3.63) is 0 Å². The Labute approximate surface area is 132 Å². The van der Waals surface area contributed by atoms with Crippen LogP contribution in [-0.2, 0) is 0 Å². The summed E-state index contributed by atoms with van der Waals surface area (Å²) in [5, 5.41) is 10.5. The lowest BCUT2D eigenvalue weighted by molar-refractivity contribution is -0.136. The molecule has 2 saturated carbocycles. The molecule has 0 bridgehead atoms. The number of hydrogen-bond donors (Lipinski definition) is 1. The van der Waals surface area contributed by atoms with Crippen LogP contribution < -0.4 is 0 Å². The predicted octanol–water partition coefficient (Wildman–Crippen LogP) is 5.66. The molecule has 0 spiro atoms. The summed E-state index contributed by atoms with van der Waals surface area (Å²) < 4.78 is 0. The fraction of sp³-hybridized carbons (Fsp3) is 1.00. The number of hydrogen-bond acceptors (Lipinski definition) is 1. The molecule has 0 amide bonds. The van der Waals surface area contributed by atoms with E-state index in [2.05, 4.69) is 41.5 Å². The molecule has 1 nitrogen and oxygen atoms in total. The molecular formula is C20H38O. The van der Waals surface area contributed by atoms with Crippen LogP contribution in [0.5, 0.6) is 0 Å². The van der Waals surface area contributed by atoms with Gasteiger partial charge in [0.15, 0.2) is 0 Å². The van der Waals surface area contributed by atoms with E-state index in [9.17, 15) is 5.11 Å². The molecule has 0 aromatic heterocycles. The maximum atomic E-state index is 10.5. The normalized spacial score (nSPS) is 44.1. The number of fused-ring (bicyclic) bond motifs is 1. The van der Waals surface area contributed by atoms with Crippen LogP contribution in [0.15, 0.2) is 0 Å². The van der Waals surface area contributed by atoms with Gasteiger partial charge in [0.1, 0.15) is 0 Å². The maximum absolute atomic E-state index is 10.5. The standard InChI is InChI=1S/C20H38O/c1-7-14(2)8-10-17-15(3)9-11-18-19(4,5)12-16(21)13-20(17,18)6/h14-18,21H,7-13H2,1-6H3/t14-,15+,16?,17+,18+,20-/m1/s1. The molecular weight excluding hydrogens is 256 g/mol. The van der Waals surface area contributed by atoms with Gasteiger partial charge in [0.05, 0.1) is 6.10 Å². The highest BCUT2D eigenvalue weighted by atomic mass is 16.3. The van der Waals surface area contributed by atoms with E-state index in [4.69, 9.17) is 0 Å². The van der Waals surface area contributed by atoms with Crippen molar-refractivity contribution in [3.63, 3.8) is 0 Å². The molecule has 0 aromatic carbocycles. The quantitative estimate of drug-likeness (QED) is 0.709. The Morgan fingerprint density at radius 3 is 2.43 bits per heavy atom. The lowest BCUT2D eigenvalue weighted by Gasteiger charge is -2.60. The van der Waals surface area contributed by atoms with E-state index in [1.807, 2.05) is 0 Å². The Balaban J connectivity index is 2.21. The van der Waals surface area contributed by atoms with Gasteiger partial charge in [-0.1, -0.05) is 60.8 Å². The highest BCUT2D eigenvalue weighted by molar-refractivity contribution is 5.04. The first-order valence-corrected chi connectivity index (χ1v) is 9.38. The van der Waals surface area contributed by atoms with Gasteiger partial charge >= 0.3 is 0 Å². The topological polar surface area (TPSA) is 20.2 Å². The molecule has 1 N–H and O–H groups in total. The second-order valence-electron chi connectivity index (χ2n) is 9.36. The summed E-state index contributed by atoms with van der Waals surface area (Å²) in [5.41, 5.74) is 0.660. The zero-order valence-electron chi connectivity index (χ0n) is 15.3. The molecule has 2 aliphatic rings. The zero-order chi connectivity index (χ0) is 15.8. The molecule has 1 heteroatoms. The average Bonchev–Trinajstić information content (AvgIpc) is 2.35. The van der Waals surface area contributed by atoms with Crippen molar-refractivity contribution in [2.75, 3.05) is 0 Å². The van der Waals surface area contributed by atoms with Crippen molar-refractivity contribution in [2.45, 2.75) is 92.6 Å². The van der Waals surface area contributed by atoms with E-state index in [0.717, 1.165) is 36.5 Å². The number of aliphatic hydroxyl groups is 1.